The minimum absolute atomic E-state index is 0.0339. The van der Waals surface area contributed by atoms with Crippen LogP contribution in [0.15, 0.2) is 54.7 Å². The highest BCUT2D eigenvalue weighted by Crippen LogP contribution is 2.31. The highest BCUT2D eigenvalue weighted by molar-refractivity contribution is 5.97. The molecule has 1 atom stereocenters. The number of fused-ring (bicyclic) bond motifs is 1. The van der Waals surface area contributed by atoms with E-state index in [4.69, 9.17) is 4.74 Å². The molecule has 1 saturated carbocycles. The Balaban J connectivity index is 1.47. The molecule has 32 heavy (non-hydrogen) atoms. The monoisotopic (exact) mass is 433 g/mol. The smallest absolute Gasteiger partial charge is 0.265 e. The average molecular weight is 434 g/mol. The van der Waals surface area contributed by atoms with Crippen molar-refractivity contribution in [3.05, 3.63) is 54.7 Å². The number of benzene rings is 2. The van der Waals surface area contributed by atoms with Crippen LogP contribution >= 0.6 is 0 Å². The van der Waals surface area contributed by atoms with Crippen molar-refractivity contribution >= 4 is 34.1 Å². The molecule has 3 aromatic rings. The fourth-order valence-corrected chi connectivity index (χ4v) is 4.09. The van der Waals surface area contributed by atoms with Crippen molar-refractivity contribution in [1.82, 2.24) is 4.98 Å². The quantitative estimate of drug-likeness (QED) is 0.477. The predicted octanol–water partition coefficient (Wildman–Crippen LogP) is 5.36. The van der Waals surface area contributed by atoms with Gasteiger partial charge >= 0.3 is 0 Å². The van der Waals surface area contributed by atoms with E-state index in [0.717, 1.165) is 35.9 Å². The van der Waals surface area contributed by atoms with Gasteiger partial charge < -0.3 is 19.9 Å². The Morgan fingerprint density at radius 1 is 1.12 bits per heavy atom. The first-order valence-electron chi connectivity index (χ1n) is 11.3. The zero-order valence-corrected chi connectivity index (χ0v) is 18.9. The molecule has 0 spiro atoms. The van der Waals surface area contributed by atoms with E-state index in [1.54, 1.807) is 12.1 Å². The lowest BCUT2D eigenvalue weighted by Gasteiger charge is -2.30. The SMILES string of the molecule is CC(C)CC(C)N(C(=O)COc1cccc(NC(=O)C2CC2)c1)c1ccc2[nH]ccc2c1. The van der Waals surface area contributed by atoms with E-state index in [-0.39, 0.29) is 30.4 Å². The molecular weight excluding hydrogens is 402 g/mol. The van der Waals surface area contributed by atoms with E-state index in [2.05, 4.69) is 31.1 Å². The number of nitrogens with one attached hydrogen (secondary N) is 2. The Morgan fingerprint density at radius 2 is 1.94 bits per heavy atom. The van der Waals surface area contributed by atoms with E-state index >= 15 is 0 Å². The molecule has 1 aromatic heterocycles. The highest BCUT2D eigenvalue weighted by Gasteiger charge is 2.29. The van der Waals surface area contributed by atoms with E-state index in [9.17, 15) is 9.59 Å². The fourth-order valence-electron chi connectivity index (χ4n) is 4.09. The number of aromatic amines is 1. The summed E-state index contributed by atoms with van der Waals surface area (Å²) in [5, 5.41) is 3.98. The van der Waals surface area contributed by atoms with Crippen LogP contribution in [0.1, 0.15) is 40.0 Å². The second-order valence-electron chi connectivity index (χ2n) is 9.07. The molecule has 0 radical (unpaired) electrons. The number of anilines is 2. The number of aromatic nitrogens is 1. The molecule has 0 aliphatic heterocycles. The third-order valence-electron chi connectivity index (χ3n) is 5.75. The summed E-state index contributed by atoms with van der Waals surface area (Å²) in [4.78, 5) is 30.4. The Morgan fingerprint density at radius 3 is 2.69 bits per heavy atom. The van der Waals surface area contributed by atoms with E-state index in [0.29, 0.717) is 17.4 Å². The molecule has 0 saturated heterocycles. The zero-order valence-electron chi connectivity index (χ0n) is 18.9. The minimum Gasteiger partial charge on any atom is -0.484 e. The molecule has 2 aromatic carbocycles. The fraction of sp³-hybridized carbons (Fsp3) is 0.385. The van der Waals surface area contributed by atoms with Crippen LogP contribution < -0.4 is 15.0 Å². The van der Waals surface area contributed by atoms with Gasteiger partial charge in [0.2, 0.25) is 5.91 Å². The van der Waals surface area contributed by atoms with E-state index in [1.807, 2.05) is 47.5 Å². The molecule has 0 bridgehead atoms. The molecule has 1 heterocycles. The molecule has 1 aliphatic carbocycles. The average Bonchev–Trinajstić information content (AvgIpc) is 3.50. The van der Waals surface area contributed by atoms with Crippen LogP contribution in [0.4, 0.5) is 11.4 Å². The maximum absolute atomic E-state index is 13.3. The van der Waals surface area contributed by atoms with Crippen LogP contribution in [0.3, 0.4) is 0 Å². The van der Waals surface area contributed by atoms with Gasteiger partial charge in [0.1, 0.15) is 5.75 Å². The molecule has 1 fully saturated rings. The summed E-state index contributed by atoms with van der Waals surface area (Å²) >= 11 is 0. The van der Waals surface area contributed by atoms with Gasteiger partial charge in [0.15, 0.2) is 6.61 Å². The normalized spacial score (nSPS) is 14.4. The third-order valence-corrected chi connectivity index (χ3v) is 5.75. The van der Waals surface area contributed by atoms with Gasteiger partial charge in [-0.1, -0.05) is 19.9 Å². The number of carbonyl (C=O) groups is 2. The van der Waals surface area contributed by atoms with Crippen LogP contribution in [0, 0.1) is 11.8 Å². The maximum Gasteiger partial charge on any atom is 0.265 e. The van der Waals surface area contributed by atoms with Crippen LogP contribution in [0.2, 0.25) is 0 Å². The van der Waals surface area contributed by atoms with Crippen molar-refractivity contribution in [1.29, 1.82) is 0 Å². The van der Waals surface area contributed by atoms with Crippen molar-refractivity contribution in [3.63, 3.8) is 0 Å². The van der Waals surface area contributed by atoms with Crippen molar-refractivity contribution in [2.45, 2.75) is 46.1 Å². The molecule has 2 N–H and O–H groups in total. The molecule has 6 heteroatoms. The van der Waals surface area contributed by atoms with Crippen molar-refractivity contribution < 1.29 is 14.3 Å². The summed E-state index contributed by atoms with van der Waals surface area (Å²) in [6.45, 7) is 6.32. The van der Waals surface area contributed by atoms with Crippen molar-refractivity contribution in [3.8, 4) is 5.75 Å². The molecule has 4 rings (SSSR count). The molecule has 6 nitrogen and oxygen atoms in total. The molecule has 168 valence electrons. The Labute approximate surface area is 188 Å². The number of amides is 2. The number of rotatable bonds is 9. The van der Waals surface area contributed by atoms with Gasteiger partial charge in [0.05, 0.1) is 0 Å². The third kappa shape index (κ3) is 5.31. The van der Waals surface area contributed by atoms with E-state index < -0.39 is 0 Å². The summed E-state index contributed by atoms with van der Waals surface area (Å²) in [7, 11) is 0. The van der Waals surface area contributed by atoms with Gasteiger partial charge in [-0.05, 0) is 68.5 Å². The van der Waals surface area contributed by atoms with Gasteiger partial charge in [-0.15, -0.1) is 0 Å². The summed E-state index contributed by atoms with van der Waals surface area (Å²) in [6.07, 6.45) is 4.70. The highest BCUT2D eigenvalue weighted by atomic mass is 16.5. The van der Waals surface area contributed by atoms with Crippen LogP contribution in [-0.4, -0.2) is 29.4 Å². The lowest BCUT2D eigenvalue weighted by Crippen LogP contribution is -2.42. The summed E-state index contributed by atoms with van der Waals surface area (Å²) in [5.41, 5.74) is 2.60. The largest absolute Gasteiger partial charge is 0.484 e. The van der Waals surface area contributed by atoms with Gasteiger partial charge in [-0.3, -0.25) is 9.59 Å². The first kappa shape index (κ1) is 21.9. The number of ether oxygens (including phenoxy) is 1. The molecule has 2 amide bonds. The van der Waals surface area contributed by atoms with Crippen molar-refractivity contribution in [2.75, 3.05) is 16.8 Å². The van der Waals surface area contributed by atoms with Crippen molar-refractivity contribution in [2.24, 2.45) is 11.8 Å². The lowest BCUT2D eigenvalue weighted by atomic mass is 10.0. The zero-order chi connectivity index (χ0) is 22.7. The van der Waals surface area contributed by atoms with Crippen LogP contribution in [-0.2, 0) is 9.59 Å². The first-order chi connectivity index (χ1) is 15.4. The van der Waals surface area contributed by atoms with Gasteiger partial charge in [0.25, 0.3) is 5.91 Å². The van der Waals surface area contributed by atoms with Gasteiger partial charge in [-0.25, -0.2) is 0 Å². The lowest BCUT2D eigenvalue weighted by molar-refractivity contribution is -0.121. The number of carbonyl (C=O) groups excluding carboxylic acids is 2. The number of hydrogen-bond acceptors (Lipinski definition) is 3. The number of nitrogens with zero attached hydrogens (tertiary/aromatic N) is 1. The summed E-state index contributed by atoms with van der Waals surface area (Å²) in [5.74, 6) is 1.11. The van der Waals surface area contributed by atoms with Gasteiger partial charge in [0, 0.05) is 46.5 Å². The Kier molecular flexibility index (Phi) is 6.49. The maximum atomic E-state index is 13.3. The topological polar surface area (TPSA) is 74.4 Å². The van der Waals surface area contributed by atoms with Gasteiger partial charge in [-0.2, -0.15) is 0 Å². The first-order valence-corrected chi connectivity index (χ1v) is 11.3. The Hall–Kier alpha value is -3.28. The summed E-state index contributed by atoms with van der Waals surface area (Å²) < 4.78 is 5.85. The second-order valence-corrected chi connectivity index (χ2v) is 9.07. The number of H-pyrrole nitrogens is 1. The predicted molar refractivity (Wildman–Crippen MR) is 128 cm³/mol. The summed E-state index contributed by atoms with van der Waals surface area (Å²) in [6, 6.07) is 15.3. The van der Waals surface area contributed by atoms with Crippen LogP contribution in [0.5, 0.6) is 5.75 Å². The second kappa shape index (κ2) is 9.47. The van der Waals surface area contributed by atoms with E-state index in [1.165, 1.54) is 0 Å². The molecule has 1 unspecified atom stereocenters. The standard InChI is InChI=1S/C26H31N3O3/c1-17(2)13-18(3)29(22-9-10-24-20(14-22)11-12-27-24)25(30)16-32-23-6-4-5-21(15-23)28-26(31)19-7-8-19/h4-6,9-12,14-15,17-19,27H,7-8,13,16H2,1-3H3,(H,28,31). The molecule has 1 aliphatic rings. The van der Waals surface area contributed by atoms with Crippen LogP contribution in [0.25, 0.3) is 10.9 Å². The molecular formula is C26H31N3O3. The minimum atomic E-state index is -0.0968. The number of hydrogen-bond donors (Lipinski definition) is 2. The Bertz CT molecular complexity index is 1100.